The maximum absolute atomic E-state index is 12.4. The predicted octanol–water partition coefficient (Wildman–Crippen LogP) is 1.57. The van der Waals surface area contributed by atoms with Crippen molar-refractivity contribution in [3.8, 4) is 0 Å². The number of aryl methyl sites for hydroxylation is 1. The monoisotopic (exact) mass is 302 g/mol. The van der Waals surface area contributed by atoms with E-state index in [1.807, 2.05) is 19.0 Å². The highest BCUT2D eigenvalue weighted by atomic mass is 16.2. The molecule has 7 heteroatoms. The molecule has 0 bridgehead atoms. The molecular formula is C15H22N6O. The summed E-state index contributed by atoms with van der Waals surface area (Å²) >= 11 is 0. The van der Waals surface area contributed by atoms with Crippen LogP contribution in [0.5, 0.6) is 0 Å². The van der Waals surface area contributed by atoms with Crippen molar-refractivity contribution in [1.29, 1.82) is 0 Å². The van der Waals surface area contributed by atoms with Gasteiger partial charge in [0, 0.05) is 20.1 Å². The highest BCUT2D eigenvalue weighted by Crippen LogP contribution is 2.22. The summed E-state index contributed by atoms with van der Waals surface area (Å²) in [4.78, 5) is 22.6. The summed E-state index contributed by atoms with van der Waals surface area (Å²) in [5.41, 5.74) is 0.755. The molecule has 1 saturated carbocycles. The molecule has 2 aromatic rings. The van der Waals surface area contributed by atoms with Crippen molar-refractivity contribution in [1.82, 2.24) is 24.6 Å². The third-order valence-corrected chi connectivity index (χ3v) is 4.45. The van der Waals surface area contributed by atoms with Crippen molar-refractivity contribution in [2.24, 2.45) is 7.05 Å². The van der Waals surface area contributed by atoms with Gasteiger partial charge in [0.05, 0.1) is 18.1 Å². The molecule has 1 fully saturated rings. The molecule has 2 heterocycles. The number of nitrogens with zero attached hydrogens (tertiary/aromatic N) is 5. The molecule has 1 N–H and O–H groups in total. The molecule has 2 aromatic heterocycles. The molecule has 1 aliphatic carbocycles. The van der Waals surface area contributed by atoms with E-state index >= 15 is 0 Å². The van der Waals surface area contributed by atoms with Crippen LogP contribution in [0, 0.1) is 0 Å². The van der Waals surface area contributed by atoms with Crippen molar-refractivity contribution in [2.45, 2.75) is 38.1 Å². The average molecular weight is 302 g/mol. The Kier molecular flexibility index (Phi) is 4.22. The number of carbonyl (C=O) groups is 1. The fourth-order valence-electron chi connectivity index (χ4n) is 3.06. The number of amides is 1. The van der Waals surface area contributed by atoms with Crippen molar-refractivity contribution >= 4 is 22.8 Å². The lowest BCUT2D eigenvalue weighted by molar-refractivity contribution is -0.130. The minimum Gasteiger partial charge on any atom is -0.360 e. The largest absolute Gasteiger partial charge is 0.360 e. The minimum atomic E-state index is 0.0996. The first kappa shape index (κ1) is 14.7. The van der Waals surface area contributed by atoms with Crippen LogP contribution in [0.25, 0.3) is 11.0 Å². The number of carbonyl (C=O) groups excluding carboxylic acids is 1. The van der Waals surface area contributed by atoms with Gasteiger partial charge in [0.1, 0.15) is 12.1 Å². The van der Waals surface area contributed by atoms with Crippen LogP contribution in [0.15, 0.2) is 12.5 Å². The second-order valence-electron chi connectivity index (χ2n) is 5.88. The Morgan fingerprint density at radius 2 is 2.14 bits per heavy atom. The van der Waals surface area contributed by atoms with Gasteiger partial charge in [-0.15, -0.1) is 0 Å². The molecule has 7 nitrogen and oxygen atoms in total. The van der Waals surface area contributed by atoms with E-state index in [9.17, 15) is 4.79 Å². The lowest BCUT2D eigenvalue weighted by atomic mass is 9.94. The molecule has 0 unspecified atom stereocenters. The first-order valence-electron chi connectivity index (χ1n) is 7.79. The van der Waals surface area contributed by atoms with Crippen LogP contribution in [0.4, 0.5) is 5.82 Å². The third-order valence-electron chi connectivity index (χ3n) is 4.45. The molecule has 1 amide bonds. The molecular weight excluding hydrogens is 280 g/mol. The molecule has 1 aliphatic rings. The number of rotatable bonds is 4. The molecule has 3 rings (SSSR count). The highest BCUT2D eigenvalue weighted by Gasteiger charge is 2.22. The minimum absolute atomic E-state index is 0.0996. The van der Waals surface area contributed by atoms with Crippen LogP contribution in [0.2, 0.25) is 0 Å². The summed E-state index contributed by atoms with van der Waals surface area (Å²) in [7, 11) is 3.74. The van der Waals surface area contributed by atoms with Gasteiger partial charge in [-0.1, -0.05) is 19.3 Å². The Balaban J connectivity index is 1.64. The molecule has 0 atom stereocenters. The van der Waals surface area contributed by atoms with Crippen molar-refractivity contribution in [3.05, 3.63) is 12.5 Å². The number of aromatic nitrogens is 4. The molecule has 0 saturated heterocycles. The standard InChI is InChI=1S/C15H22N6O/c1-20(11-6-4-3-5-7-11)13(22)9-16-14-12-8-19-21(2)15(12)18-10-17-14/h8,10-11H,3-7,9H2,1-2H3,(H,16,17,18). The lowest BCUT2D eigenvalue weighted by Gasteiger charge is -2.31. The van der Waals surface area contributed by atoms with Crippen LogP contribution < -0.4 is 5.32 Å². The molecule has 0 radical (unpaired) electrons. The molecule has 0 spiro atoms. The molecule has 0 aliphatic heterocycles. The molecule has 22 heavy (non-hydrogen) atoms. The highest BCUT2D eigenvalue weighted by molar-refractivity contribution is 5.88. The number of nitrogens with one attached hydrogen (secondary N) is 1. The first-order chi connectivity index (χ1) is 10.7. The van der Waals surface area contributed by atoms with Gasteiger partial charge in [0.2, 0.25) is 5.91 Å². The first-order valence-corrected chi connectivity index (χ1v) is 7.79. The van der Waals surface area contributed by atoms with E-state index in [1.165, 1.54) is 25.6 Å². The smallest absolute Gasteiger partial charge is 0.241 e. The number of hydrogen-bond donors (Lipinski definition) is 1. The molecule has 118 valence electrons. The van der Waals surface area contributed by atoms with Crippen LogP contribution >= 0.6 is 0 Å². The Morgan fingerprint density at radius 3 is 2.91 bits per heavy atom. The van der Waals surface area contributed by atoms with E-state index < -0.39 is 0 Å². The van der Waals surface area contributed by atoms with E-state index in [1.54, 1.807) is 10.9 Å². The fourth-order valence-corrected chi connectivity index (χ4v) is 3.06. The van der Waals surface area contributed by atoms with Gasteiger partial charge in [-0.3, -0.25) is 9.48 Å². The van der Waals surface area contributed by atoms with Gasteiger partial charge in [-0.25, -0.2) is 9.97 Å². The maximum Gasteiger partial charge on any atom is 0.241 e. The maximum atomic E-state index is 12.4. The van der Waals surface area contributed by atoms with Crippen molar-refractivity contribution in [2.75, 3.05) is 18.9 Å². The Morgan fingerprint density at radius 1 is 1.36 bits per heavy atom. The van der Waals surface area contributed by atoms with E-state index in [4.69, 9.17) is 0 Å². The summed E-state index contributed by atoms with van der Waals surface area (Å²) in [5, 5.41) is 8.13. The Labute approximate surface area is 129 Å². The van der Waals surface area contributed by atoms with Gasteiger partial charge < -0.3 is 10.2 Å². The van der Waals surface area contributed by atoms with Gasteiger partial charge in [0.25, 0.3) is 0 Å². The number of likely N-dealkylation sites (N-methyl/N-ethyl adjacent to an activating group) is 1. The normalized spacial score (nSPS) is 15.9. The zero-order chi connectivity index (χ0) is 15.5. The lowest BCUT2D eigenvalue weighted by Crippen LogP contribution is -2.41. The summed E-state index contributed by atoms with van der Waals surface area (Å²) in [5.74, 6) is 0.756. The van der Waals surface area contributed by atoms with Crippen LogP contribution in [0.1, 0.15) is 32.1 Å². The van der Waals surface area contributed by atoms with E-state index in [0.29, 0.717) is 11.9 Å². The average Bonchev–Trinajstić information content (AvgIpc) is 2.95. The fraction of sp³-hybridized carbons (Fsp3) is 0.600. The SMILES string of the molecule is CN(C(=O)CNc1ncnc2c1cnn2C)C1CCCCC1. The zero-order valence-electron chi connectivity index (χ0n) is 13.1. The van der Waals surface area contributed by atoms with Crippen LogP contribution in [-0.2, 0) is 11.8 Å². The van der Waals surface area contributed by atoms with Crippen LogP contribution in [0.3, 0.4) is 0 Å². The third kappa shape index (κ3) is 2.88. The Bertz CT molecular complexity index is 661. The van der Waals surface area contributed by atoms with Gasteiger partial charge in [-0.05, 0) is 12.8 Å². The summed E-state index contributed by atoms with van der Waals surface area (Å²) in [6, 6.07) is 0.381. The van der Waals surface area contributed by atoms with E-state index in [2.05, 4.69) is 20.4 Å². The number of hydrogen-bond acceptors (Lipinski definition) is 5. The van der Waals surface area contributed by atoms with E-state index in [-0.39, 0.29) is 12.5 Å². The second kappa shape index (κ2) is 6.29. The molecule has 0 aromatic carbocycles. The summed E-state index contributed by atoms with van der Waals surface area (Å²) < 4.78 is 1.69. The van der Waals surface area contributed by atoms with Gasteiger partial charge in [0.15, 0.2) is 5.65 Å². The summed E-state index contributed by atoms with van der Waals surface area (Å²) in [6.45, 7) is 0.244. The quantitative estimate of drug-likeness (QED) is 0.927. The van der Waals surface area contributed by atoms with Crippen molar-refractivity contribution in [3.63, 3.8) is 0 Å². The van der Waals surface area contributed by atoms with Gasteiger partial charge >= 0.3 is 0 Å². The number of fused-ring (bicyclic) bond motifs is 1. The second-order valence-corrected chi connectivity index (χ2v) is 5.88. The van der Waals surface area contributed by atoms with E-state index in [0.717, 1.165) is 23.9 Å². The topological polar surface area (TPSA) is 75.9 Å². The zero-order valence-corrected chi connectivity index (χ0v) is 13.1. The number of anilines is 1. The Hall–Kier alpha value is -2.18. The summed E-state index contributed by atoms with van der Waals surface area (Å²) in [6.07, 6.45) is 9.16. The van der Waals surface area contributed by atoms with Crippen LogP contribution in [-0.4, -0.2) is 50.2 Å². The van der Waals surface area contributed by atoms with Gasteiger partial charge in [-0.2, -0.15) is 5.10 Å². The van der Waals surface area contributed by atoms with Crippen molar-refractivity contribution < 1.29 is 4.79 Å². The predicted molar refractivity (Wildman–Crippen MR) is 84.4 cm³/mol.